The van der Waals surface area contributed by atoms with Crippen LogP contribution in [0.5, 0.6) is 0 Å². The summed E-state index contributed by atoms with van der Waals surface area (Å²) in [5.74, 6) is 4.36. The van der Waals surface area contributed by atoms with E-state index in [2.05, 4.69) is 27.4 Å². The van der Waals surface area contributed by atoms with Gasteiger partial charge in [-0.3, -0.25) is 4.90 Å². The fraction of sp³-hybridized carbons (Fsp3) is 0.818. The van der Waals surface area contributed by atoms with Gasteiger partial charge in [0.1, 0.15) is 0 Å². The third kappa shape index (κ3) is 2.34. The van der Waals surface area contributed by atoms with Gasteiger partial charge in [0.2, 0.25) is 5.89 Å². The zero-order valence-corrected chi connectivity index (χ0v) is 10.9. The fourth-order valence-corrected chi connectivity index (χ4v) is 3.58. The summed E-state index contributed by atoms with van der Waals surface area (Å²) >= 11 is 1.97. The van der Waals surface area contributed by atoms with Crippen LogP contribution in [-0.4, -0.2) is 53.2 Å². The van der Waals surface area contributed by atoms with E-state index in [0.29, 0.717) is 12.0 Å². The van der Waals surface area contributed by atoms with Crippen LogP contribution in [0.15, 0.2) is 4.52 Å². The van der Waals surface area contributed by atoms with Gasteiger partial charge in [0.15, 0.2) is 5.82 Å². The monoisotopic (exact) mass is 254 g/mol. The van der Waals surface area contributed by atoms with Gasteiger partial charge in [-0.05, 0) is 20.0 Å². The summed E-state index contributed by atoms with van der Waals surface area (Å²) in [6, 6.07) is 0.320. The molecule has 17 heavy (non-hydrogen) atoms. The lowest BCUT2D eigenvalue weighted by Gasteiger charge is -2.29. The minimum Gasteiger partial charge on any atom is -0.339 e. The summed E-state index contributed by atoms with van der Waals surface area (Å²) in [7, 11) is 2.14. The first-order valence-corrected chi connectivity index (χ1v) is 7.32. The van der Waals surface area contributed by atoms with Crippen molar-refractivity contribution in [2.75, 3.05) is 38.2 Å². The maximum Gasteiger partial charge on any atom is 0.231 e. The van der Waals surface area contributed by atoms with E-state index in [1.54, 1.807) is 0 Å². The van der Waals surface area contributed by atoms with Gasteiger partial charge in [0.25, 0.3) is 0 Å². The Balaban J connectivity index is 1.74. The van der Waals surface area contributed by atoms with Gasteiger partial charge in [-0.2, -0.15) is 16.7 Å². The van der Waals surface area contributed by atoms with Crippen molar-refractivity contribution in [2.24, 2.45) is 0 Å². The molecule has 0 aromatic carbocycles. The van der Waals surface area contributed by atoms with Crippen LogP contribution in [0.3, 0.4) is 0 Å². The van der Waals surface area contributed by atoms with Crippen LogP contribution in [-0.2, 0) is 0 Å². The number of thioether (sulfide) groups is 1. The molecule has 1 aromatic rings. The Labute approximate surface area is 105 Å². The Hall–Kier alpha value is -0.590. The van der Waals surface area contributed by atoms with Crippen LogP contribution >= 0.6 is 11.8 Å². The Bertz CT molecular complexity index is 377. The number of hydrogen-bond acceptors (Lipinski definition) is 6. The van der Waals surface area contributed by atoms with E-state index in [-0.39, 0.29) is 0 Å². The zero-order chi connectivity index (χ0) is 11.7. The molecule has 2 fully saturated rings. The van der Waals surface area contributed by atoms with Gasteiger partial charge >= 0.3 is 0 Å². The standard InChI is InChI=1S/C11H18N4OS/c1-15-4-5-17-7-9(15)10-13-11(16-14-10)8-2-3-12-6-8/h8-9,12H,2-7H2,1H3. The molecular formula is C11H18N4OS. The molecule has 0 bridgehead atoms. The molecule has 5 nitrogen and oxygen atoms in total. The molecular weight excluding hydrogens is 236 g/mol. The number of hydrogen-bond donors (Lipinski definition) is 1. The zero-order valence-electron chi connectivity index (χ0n) is 10.1. The molecule has 2 atom stereocenters. The summed E-state index contributed by atoms with van der Waals surface area (Å²) < 4.78 is 5.41. The van der Waals surface area contributed by atoms with Crippen LogP contribution in [0.1, 0.15) is 30.1 Å². The highest BCUT2D eigenvalue weighted by atomic mass is 32.2. The molecule has 1 N–H and O–H groups in total. The molecule has 2 aliphatic heterocycles. The van der Waals surface area contributed by atoms with Crippen LogP contribution in [0.4, 0.5) is 0 Å². The van der Waals surface area contributed by atoms with Gasteiger partial charge in [-0.1, -0.05) is 5.16 Å². The van der Waals surface area contributed by atoms with E-state index in [1.165, 1.54) is 5.75 Å². The lowest BCUT2D eigenvalue weighted by molar-refractivity contribution is 0.256. The van der Waals surface area contributed by atoms with E-state index < -0.39 is 0 Å². The average molecular weight is 254 g/mol. The number of aromatic nitrogens is 2. The molecule has 0 aliphatic carbocycles. The third-order valence-electron chi connectivity index (χ3n) is 3.56. The Morgan fingerprint density at radius 3 is 3.24 bits per heavy atom. The van der Waals surface area contributed by atoms with Crippen LogP contribution in [0.2, 0.25) is 0 Å². The lowest BCUT2D eigenvalue weighted by Crippen LogP contribution is -2.33. The van der Waals surface area contributed by atoms with Crippen molar-refractivity contribution in [1.82, 2.24) is 20.4 Å². The van der Waals surface area contributed by atoms with E-state index in [9.17, 15) is 0 Å². The van der Waals surface area contributed by atoms with Crippen molar-refractivity contribution in [3.05, 3.63) is 11.7 Å². The first-order chi connectivity index (χ1) is 8.34. The van der Waals surface area contributed by atoms with Gasteiger partial charge in [-0.15, -0.1) is 0 Å². The third-order valence-corrected chi connectivity index (χ3v) is 4.58. The molecule has 3 rings (SSSR count). The summed E-state index contributed by atoms with van der Waals surface area (Å²) in [4.78, 5) is 6.91. The largest absolute Gasteiger partial charge is 0.339 e. The summed E-state index contributed by atoms with van der Waals surface area (Å²) in [6.07, 6.45) is 1.11. The molecule has 0 amide bonds. The van der Waals surface area contributed by atoms with Gasteiger partial charge in [-0.25, -0.2) is 0 Å². The highest BCUT2D eigenvalue weighted by molar-refractivity contribution is 7.99. The molecule has 94 valence electrons. The van der Waals surface area contributed by atoms with Crippen molar-refractivity contribution in [3.63, 3.8) is 0 Å². The predicted molar refractivity (Wildman–Crippen MR) is 67.2 cm³/mol. The molecule has 2 aliphatic rings. The molecule has 2 saturated heterocycles. The topological polar surface area (TPSA) is 54.2 Å². The van der Waals surface area contributed by atoms with Crippen molar-refractivity contribution in [2.45, 2.75) is 18.4 Å². The summed E-state index contributed by atoms with van der Waals surface area (Å²) in [5, 5.41) is 7.49. The number of nitrogens with one attached hydrogen (secondary N) is 1. The first-order valence-electron chi connectivity index (χ1n) is 6.17. The van der Waals surface area contributed by atoms with Gasteiger partial charge < -0.3 is 9.84 Å². The normalized spacial score (nSPS) is 30.9. The van der Waals surface area contributed by atoms with Crippen molar-refractivity contribution >= 4 is 11.8 Å². The second-order valence-electron chi connectivity index (χ2n) is 4.75. The van der Waals surface area contributed by atoms with Gasteiger partial charge in [0.05, 0.1) is 12.0 Å². The van der Waals surface area contributed by atoms with E-state index in [4.69, 9.17) is 4.52 Å². The maximum absolute atomic E-state index is 5.41. The molecule has 1 aromatic heterocycles. The molecule has 0 spiro atoms. The van der Waals surface area contributed by atoms with E-state index >= 15 is 0 Å². The second-order valence-corrected chi connectivity index (χ2v) is 5.90. The minimum absolute atomic E-state index is 0.320. The Morgan fingerprint density at radius 2 is 2.47 bits per heavy atom. The minimum atomic E-state index is 0.320. The first kappa shape index (κ1) is 11.5. The van der Waals surface area contributed by atoms with Crippen LogP contribution in [0.25, 0.3) is 0 Å². The quantitative estimate of drug-likeness (QED) is 0.845. The van der Waals surface area contributed by atoms with E-state index in [1.807, 2.05) is 11.8 Å². The molecule has 6 heteroatoms. The summed E-state index contributed by atoms with van der Waals surface area (Å²) in [6.45, 7) is 3.13. The second kappa shape index (κ2) is 4.96. The Kier molecular flexibility index (Phi) is 3.35. The average Bonchev–Trinajstić information content (AvgIpc) is 3.00. The molecule has 0 saturated carbocycles. The van der Waals surface area contributed by atoms with Crippen LogP contribution in [0, 0.1) is 0 Å². The smallest absolute Gasteiger partial charge is 0.231 e. The van der Waals surface area contributed by atoms with E-state index in [0.717, 1.165) is 43.5 Å². The fourth-order valence-electron chi connectivity index (χ4n) is 2.37. The van der Waals surface area contributed by atoms with Crippen molar-refractivity contribution in [1.29, 1.82) is 0 Å². The van der Waals surface area contributed by atoms with Crippen molar-refractivity contribution in [3.8, 4) is 0 Å². The van der Waals surface area contributed by atoms with Gasteiger partial charge in [0, 0.05) is 24.6 Å². The summed E-state index contributed by atoms with van der Waals surface area (Å²) in [5.41, 5.74) is 0. The maximum atomic E-state index is 5.41. The van der Waals surface area contributed by atoms with Crippen molar-refractivity contribution < 1.29 is 4.52 Å². The number of nitrogens with zero attached hydrogens (tertiary/aromatic N) is 3. The van der Waals surface area contributed by atoms with Crippen LogP contribution < -0.4 is 5.32 Å². The Morgan fingerprint density at radius 1 is 1.53 bits per heavy atom. The number of rotatable bonds is 2. The SMILES string of the molecule is CN1CCSCC1c1noc(C2CCNC2)n1. The highest BCUT2D eigenvalue weighted by Crippen LogP contribution is 2.28. The highest BCUT2D eigenvalue weighted by Gasteiger charge is 2.28. The predicted octanol–water partition coefficient (Wildman–Crippen LogP) is 0.866. The molecule has 0 radical (unpaired) electrons. The lowest BCUT2D eigenvalue weighted by atomic mass is 10.1. The molecule has 3 heterocycles. The molecule has 2 unspecified atom stereocenters.